The van der Waals surface area contributed by atoms with Crippen LogP contribution < -0.4 is 10.4 Å². The molecule has 0 aliphatic rings. The van der Waals surface area contributed by atoms with E-state index in [-0.39, 0.29) is 6.42 Å². The van der Waals surface area contributed by atoms with E-state index in [1.807, 2.05) is 30.5 Å². The summed E-state index contributed by atoms with van der Waals surface area (Å²) in [4.78, 5) is 25.7. The number of benzene rings is 1. The van der Waals surface area contributed by atoms with E-state index in [4.69, 9.17) is 0 Å². The van der Waals surface area contributed by atoms with Gasteiger partial charge in [-0.05, 0) is 25.0 Å². The molecule has 1 aromatic heterocycles. The summed E-state index contributed by atoms with van der Waals surface area (Å²) < 4.78 is 0. The number of aliphatic carboxylic acids is 1. The molecule has 2 atom stereocenters. The van der Waals surface area contributed by atoms with Crippen LogP contribution in [0.15, 0.2) is 30.5 Å². The number of aryl methyl sites for hydroxylation is 1. The summed E-state index contributed by atoms with van der Waals surface area (Å²) in [7, 11) is 0. The van der Waals surface area contributed by atoms with Crippen molar-refractivity contribution < 1.29 is 19.8 Å². The predicted octanol–water partition coefficient (Wildman–Crippen LogP) is -0.284. The molecule has 0 saturated heterocycles. The molecule has 21 heavy (non-hydrogen) atoms. The molecule has 3 N–H and O–H groups in total. The Bertz CT molecular complexity index is 648. The van der Waals surface area contributed by atoms with Gasteiger partial charge in [-0.3, -0.25) is 4.79 Å². The topological polar surface area (TPSA) is 105 Å². The fourth-order valence-corrected chi connectivity index (χ4v) is 2.21. The van der Waals surface area contributed by atoms with E-state index in [9.17, 15) is 19.8 Å². The van der Waals surface area contributed by atoms with Gasteiger partial charge in [0.25, 0.3) is 0 Å². The molecular weight excluding hydrogens is 272 g/mol. The summed E-state index contributed by atoms with van der Waals surface area (Å²) in [5.74, 6) is -1.93. The predicted molar refractivity (Wildman–Crippen MR) is 75.2 cm³/mol. The first-order valence-corrected chi connectivity index (χ1v) is 6.72. The van der Waals surface area contributed by atoms with Gasteiger partial charge in [0.15, 0.2) is 0 Å². The molecule has 6 heteroatoms. The lowest BCUT2D eigenvalue weighted by Crippen LogP contribution is -2.53. The molecule has 6 nitrogen and oxygen atoms in total. The first-order chi connectivity index (χ1) is 9.99. The standard InChI is InChI=1S/C15H18N2O4/c1-9(18)14(15(20)21)17-13(19)7-6-10-8-16-12-5-3-2-4-11(10)12/h2-5,8-9,14,16,18H,6-7H2,1H3,(H,17,19)(H,20,21)/p-1/t9-,14+/m0/s1. The third-order valence-electron chi connectivity index (χ3n) is 3.35. The molecule has 0 bridgehead atoms. The Kier molecular flexibility index (Phi) is 4.59. The molecule has 112 valence electrons. The number of carbonyl (C=O) groups excluding carboxylic acids is 2. The number of aliphatic hydroxyl groups is 1. The minimum atomic E-state index is -1.49. The molecule has 1 heterocycles. The maximum absolute atomic E-state index is 11.8. The normalized spacial score (nSPS) is 13.8. The number of carboxylic acid groups (broad SMARTS) is 1. The van der Waals surface area contributed by atoms with Gasteiger partial charge < -0.3 is 25.3 Å². The minimum Gasteiger partial charge on any atom is -0.548 e. The second kappa shape index (κ2) is 6.41. The summed E-state index contributed by atoms with van der Waals surface area (Å²) in [5.41, 5.74) is 1.98. The number of aromatic amines is 1. The smallest absolute Gasteiger partial charge is 0.220 e. The molecule has 2 rings (SSSR count). The lowest BCUT2D eigenvalue weighted by atomic mass is 10.1. The number of fused-ring (bicyclic) bond motifs is 1. The van der Waals surface area contributed by atoms with Crippen LogP contribution in [0.1, 0.15) is 18.9 Å². The van der Waals surface area contributed by atoms with Crippen molar-refractivity contribution in [2.24, 2.45) is 0 Å². The molecule has 0 unspecified atom stereocenters. The third kappa shape index (κ3) is 3.61. The SMILES string of the molecule is C[C@H](O)[C@@H](NC(=O)CCc1c[nH]c2ccccc12)C(=O)[O-]. The van der Waals surface area contributed by atoms with Crippen LogP contribution in [0.3, 0.4) is 0 Å². The van der Waals surface area contributed by atoms with Crippen molar-refractivity contribution >= 4 is 22.8 Å². The number of hydrogen-bond acceptors (Lipinski definition) is 4. The van der Waals surface area contributed by atoms with Crippen LogP contribution >= 0.6 is 0 Å². The van der Waals surface area contributed by atoms with Crippen molar-refractivity contribution in [2.75, 3.05) is 0 Å². The van der Waals surface area contributed by atoms with Gasteiger partial charge in [-0.15, -0.1) is 0 Å². The zero-order valence-electron chi connectivity index (χ0n) is 11.6. The van der Waals surface area contributed by atoms with Gasteiger partial charge in [-0.2, -0.15) is 0 Å². The molecule has 2 aromatic rings. The fraction of sp³-hybridized carbons (Fsp3) is 0.333. The number of carboxylic acids is 1. The fourth-order valence-electron chi connectivity index (χ4n) is 2.21. The van der Waals surface area contributed by atoms with E-state index < -0.39 is 24.0 Å². The lowest BCUT2D eigenvalue weighted by molar-refractivity contribution is -0.310. The quantitative estimate of drug-likeness (QED) is 0.680. The van der Waals surface area contributed by atoms with Gasteiger partial charge in [0.2, 0.25) is 5.91 Å². The molecule has 1 aromatic carbocycles. The van der Waals surface area contributed by atoms with Gasteiger partial charge in [0, 0.05) is 23.5 Å². The highest BCUT2D eigenvalue weighted by Gasteiger charge is 2.18. The summed E-state index contributed by atoms with van der Waals surface area (Å²) in [6, 6.07) is 6.35. The number of carbonyl (C=O) groups is 2. The molecule has 0 saturated carbocycles. The minimum absolute atomic E-state index is 0.137. The van der Waals surface area contributed by atoms with Crippen molar-refractivity contribution in [1.29, 1.82) is 0 Å². The Morgan fingerprint density at radius 3 is 2.76 bits per heavy atom. The number of hydrogen-bond donors (Lipinski definition) is 3. The molecule has 0 radical (unpaired) electrons. The Labute approximate surface area is 121 Å². The summed E-state index contributed by atoms with van der Waals surface area (Å²) in [6.07, 6.45) is 1.25. The van der Waals surface area contributed by atoms with Crippen LogP contribution in [0.4, 0.5) is 0 Å². The number of rotatable bonds is 6. The Balaban J connectivity index is 1.96. The first-order valence-electron chi connectivity index (χ1n) is 6.72. The van der Waals surface area contributed by atoms with E-state index in [0.717, 1.165) is 16.5 Å². The number of H-pyrrole nitrogens is 1. The summed E-state index contributed by atoms with van der Waals surface area (Å²) in [5, 5.41) is 23.4. The van der Waals surface area contributed by atoms with Crippen molar-refractivity contribution in [3.05, 3.63) is 36.0 Å². The maximum atomic E-state index is 11.8. The van der Waals surface area contributed by atoms with E-state index in [1.165, 1.54) is 6.92 Å². The summed E-state index contributed by atoms with van der Waals surface area (Å²) >= 11 is 0. The maximum Gasteiger partial charge on any atom is 0.220 e. The van der Waals surface area contributed by atoms with Crippen molar-refractivity contribution in [2.45, 2.75) is 31.9 Å². The van der Waals surface area contributed by atoms with E-state index in [1.54, 1.807) is 0 Å². The number of amides is 1. The van der Waals surface area contributed by atoms with E-state index in [2.05, 4.69) is 10.3 Å². The van der Waals surface area contributed by atoms with Gasteiger partial charge >= 0.3 is 0 Å². The van der Waals surface area contributed by atoms with Crippen LogP contribution in [0.2, 0.25) is 0 Å². The molecule has 0 aliphatic carbocycles. The second-order valence-corrected chi connectivity index (χ2v) is 4.96. The largest absolute Gasteiger partial charge is 0.548 e. The van der Waals surface area contributed by atoms with Crippen LogP contribution in [0.25, 0.3) is 10.9 Å². The monoisotopic (exact) mass is 289 g/mol. The van der Waals surface area contributed by atoms with E-state index >= 15 is 0 Å². The van der Waals surface area contributed by atoms with Gasteiger partial charge in [0.1, 0.15) is 0 Å². The van der Waals surface area contributed by atoms with Crippen molar-refractivity contribution in [3.63, 3.8) is 0 Å². The zero-order valence-corrected chi connectivity index (χ0v) is 11.6. The van der Waals surface area contributed by atoms with E-state index in [0.29, 0.717) is 6.42 Å². The molecule has 0 aliphatic heterocycles. The lowest BCUT2D eigenvalue weighted by Gasteiger charge is -2.22. The Morgan fingerprint density at radius 2 is 2.10 bits per heavy atom. The second-order valence-electron chi connectivity index (χ2n) is 4.96. The highest BCUT2D eigenvalue weighted by molar-refractivity contribution is 5.85. The van der Waals surface area contributed by atoms with Crippen LogP contribution in [-0.2, 0) is 16.0 Å². The van der Waals surface area contributed by atoms with Gasteiger partial charge in [-0.1, -0.05) is 18.2 Å². The Morgan fingerprint density at radius 1 is 1.38 bits per heavy atom. The number of para-hydroxylation sites is 1. The molecular formula is C15H17N2O4-. The highest BCUT2D eigenvalue weighted by atomic mass is 16.4. The molecule has 0 fully saturated rings. The zero-order chi connectivity index (χ0) is 15.4. The number of aromatic nitrogens is 1. The molecule has 1 amide bonds. The third-order valence-corrected chi connectivity index (χ3v) is 3.35. The van der Waals surface area contributed by atoms with Crippen LogP contribution in [0.5, 0.6) is 0 Å². The number of aliphatic hydroxyl groups excluding tert-OH is 1. The van der Waals surface area contributed by atoms with Crippen molar-refractivity contribution in [3.8, 4) is 0 Å². The van der Waals surface area contributed by atoms with Gasteiger partial charge in [0.05, 0.1) is 18.1 Å². The molecule has 0 spiro atoms. The van der Waals surface area contributed by atoms with Gasteiger partial charge in [-0.25, -0.2) is 0 Å². The van der Waals surface area contributed by atoms with Crippen molar-refractivity contribution in [1.82, 2.24) is 10.3 Å². The average Bonchev–Trinajstić information content (AvgIpc) is 2.85. The average molecular weight is 289 g/mol. The number of nitrogens with one attached hydrogen (secondary N) is 2. The Hall–Kier alpha value is -2.34. The highest BCUT2D eigenvalue weighted by Crippen LogP contribution is 2.18. The van der Waals surface area contributed by atoms with Crippen LogP contribution in [-0.4, -0.2) is 34.1 Å². The summed E-state index contributed by atoms with van der Waals surface area (Å²) in [6.45, 7) is 1.29. The van der Waals surface area contributed by atoms with Crippen LogP contribution in [0, 0.1) is 0 Å². The first kappa shape index (κ1) is 15.1.